The van der Waals surface area contributed by atoms with Gasteiger partial charge in [-0.25, -0.2) is 14.5 Å². The SMILES string of the molecule is O=C(O)/C=C/C(=O)Nc1cccc(Cn2cncn2)c1. The maximum Gasteiger partial charge on any atom is 0.328 e. The first-order valence-corrected chi connectivity index (χ1v) is 5.77. The van der Waals surface area contributed by atoms with Gasteiger partial charge in [0.15, 0.2) is 0 Å². The molecule has 2 rings (SSSR count). The van der Waals surface area contributed by atoms with Gasteiger partial charge in [0, 0.05) is 17.8 Å². The van der Waals surface area contributed by atoms with Gasteiger partial charge >= 0.3 is 5.97 Å². The van der Waals surface area contributed by atoms with Gasteiger partial charge in [-0.05, 0) is 17.7 Å². The van der Waals surface area contributed by atoms with Crippen molar-refractivity contribution >= 4 is 17.6 Å². The van der Waals surface area contributed by atoms with E-state index in [1.807, 2.05) is 6.07 Å². The number of carboxylic acid groups (broad SMARTS) is 1. The summed E-state index contributed by atoms with van der Waals surface area (Å²) in [5, 5.41) is 15.0. The first kappa shape index (κ1) is 13.5. The number of rotatable bonds is 5. The Hall–Kier alpha value is -2.96. The van der Waals surface area contributed by atoms with Gasteiger partial charge in [-0.2, -0.15) is 5.10 Å². The smallest absolute Gasteiger partial charge is 0.328 e. The molecule has 7 heteroatoms. The van der Waals surface area contributed by atoms with Crippen molar-refractivity contribution in [1.29, 1.82) is 0 Å². The highest BCUT2D eigenvalue weighted by Gasteiger charge is 2.01. The van der Waals surface area contributed by atoms with Crippen molar-refractivity contribution in [3.8, 4) is 0 Å². The van der Waals surface area contributed by atoms with Gasteiger partial charge in [0.25, 0.3) is 0 Å². The second-order valence-electron chi connectivity index (χ2n) is 3.95. The first-order chi connectivity index (χ1) is 9.63. The molecule has 2 aromatic rings. The molecule has 1 heterocycles. The van der Waals surface area contributed by atoms with E-state index in [2.05, 4.69) is 15.4 Å². The average molecular weight is 272 g/mol. The normalized spacial score (nSPS) is 10.6. The van der Waals surface area contributed by atoms with Crippen molar-refractivity contribution in [3.63, 3.8) is 0 Å². The molecule has 2 N–H and O–H groups in total. The molecule has 0 saturated heterocycles. The number of amides is 1. The quantitative estimate of drug-likeness (QED) is 0.788. The maximum absolute atomic E-state index is 11.5. The number of nitrogens with zero attached hydrogens (tertiary/aromatic N) is 3. The summed E-state index contributed by atoms with van der Waals surface area (Å²) < 4.78 is 1.66. The summed E-state index contributed by atoms with van der Waals surface area (Å²) in [7, 11) is 0. The van der Waals surface area contributed by atoms with Crippen LogP contribution in [0.15, 0.2) is 49.1 Å². The highest BCUT2D eigenvalue weighted by molar-refractivity contribution is 6.02. The van der Waals surface area contributed by atoms with Gasteiger partial charge in [-0.3, -0.25) is 4.79 Å². The van der Waals surface area contributed by atoms with Crippen LogP contribution in [0.5, 0.6) is 0 Å². The van der Waals surface area contributed by atoms with Crippen LogP contribution in [0.4, 0.5) is 5.69 Å². The Balaban J connectivity index is 2.02. The van der Waals surface area contributed by atoms with Gasteiger partial charge in [0.2, 0.25) is 5.91 Å². The van der Waals surface area contributed by atoms with Crippen molar-refractivity contribution in [2.75, 3.05) is 5.32 Å². The third-order valence-electron chi connectivity index (χ3n) is 2.38. The van der Waals surface area contributed by atoms with Crippen molar-refractivity contribution in [2.45, 2.75) is 6.54 Å². The van der Waals surface area contributed by atoms with Gasteiger partial charge in [-0.15, -0.1) is 0 Å². The van der Waals surface area contributed by atoms with E-state index in [1.165, 1.54) is 6.33 Å². The molecular weight excluding hydrogens is 260 g/mol. The second-order valence-corrected chi connectivity index (χ2v) is 3.95. The lowest BCUT2D eigenvalue weighted by Gasteiger charge is -2.05. The van der Waals surface area contributed by atoms with E-state index in [0.29, 0.717) is 12.2 Å². The fourth-order valence-electron chi connectivity index (χ4n) is 1.58. The zero-order valence-electron chi connectivity index (χ0n) is 10.4. The number of aliphatic carboxylic acids is 1. The number of carbonyl (C=O) groups is 2. The predicted octanol–water partition coefficient (Wildman–Crippen LogP) is 0.906. The molecule has 0 unspecified atom stereocenters. The van der Waals surface area contributed by atoms with Crippen molar-refractivity contribution in [2.24, 2.45) is 0 Å². The summed E-state index contributed by atoms with van der Waals surface area (Å²) in [6.07, 6.45) is 4.80. The molecule has 0 aliphatic heterocycles. The van der Waals surface area contributed by atoms with Gasteiger partial charge in [0.05, 0.1) is 6.54 Å². The Bertz CT molecular complexity index is 635. The summed E-state index contributed by atoms with van der Waals surface area (Å²) in [5.41, 5.74) is 1.53. The first-order valence-electron chi connectivity index (χ1n) is 5.77. The van der Waals surface area contributed by atoms with E-state index in [4.69, 9.17) is 5.11 Å². The lowest BCUT2D eigenvalue weighted by atomic mass is 10.2. The molecule has 7 nitrogen and oxygen atoms in total. The monoisotopic (exact) mass is 272 g/mol. The summed E-state index contributed by atoms with van der Waals surface area (Å²) in [5.74, 6) is -1.66. The van der Waals surface area contributed by atoms with Crippen LogP contribution < -0.4 is 5.32 Å². The molecule has 0 radical (unpaired) electrons. The van der Waals surface area contributed by atoms with Crippen LogP contribution in [0.3, 0.4) is 0 Å². The van der Waals surface area contributed by atoms with Crippen LogP contribution in [-0.4, -0.2) is 31.7 Å². The van der Waals surface area contributed by atoms with Gasteiger partial charge in [-0.1, -0.05) is 12.1 Å². The van der Waals surface area contributed by atoms with Crippen LogP contribution in [-0.2, 0) is 16.1 Å². The van der Waals surface area contributed by atoms with E-state index in [0.717, 1.165) is 17.7 Å². The fourth-order valence-corrected chi connectivity index (χ4v) is 1.58. The molecule has 0 bridgehead atoms. The predicted molar refractivity (Wildman–Crippen MR) is 71.0 cm³/mol. The molecule has 0 fully saturated rings. The highest BCUT2D eigenvalue weighted by Crippen LogP contribution is 2.11. The number of hydrogen-bond donors (Lipinski definition) is 2. The standard InChI is InChI=1S/C13H12N4O3/c18-12(4-5-13(19)20)16-11-3-1-2-10(6-11)7-17-9-14-8-15-17/h1-6,8-9H,7H2,(H,16,18)(H,19,20)/b5-4+. The third-order valence-corrected chi connectivity index (χ3v) is 2.38. The van der Waals surface area contributed by atoms with E-state index < -0.39 is 11.9 Å². The molecular formula is C13H12N4O3. The largest absolute Gasteiger partial charge is 0.478 e. The summed E-state index contributed by atoms with van der Waals surface area (Å²) in [6, 6.07) is 7.19. The zero-order chi connectivity index (χ0) is 14.4. The lowest BCUT2D eigenvalue weighted by molar-refractivity contribution is -0.131. The number of hydrogen-bond acceptors (Lipinski definition) is 4. The van der Waals surface area contributed by atoms with Crippen LogP contribution in [0.25, 0.3) is 0 Å². The van der Waals surface area contributed by atoms with Gasteiger partial charge < -0.3 is 10.4 Å². The van der Waals surface area contributed by atoms with Crippen LogP contribution in [0, 0.1) is 0 Å². The van der Waals surface area contributed by atoms with Crippen molar-refractivity contribution in [3.05, 3.63) is 54.6 Å². The minimum absolute atomic E-state index is 0.495. The molecule has 102 valence electrons. The van der Waals surface area contributed by atoms with E-state index >= 15 is 0 Å². The third kappa shape index (κ3) is 4.05. The number of carbonyl (C=O) groups excluding carboxylic acids is 1. The maximum atomic E-state index is 11.5. The number of benzene rings is 1. The molecule has 0 aliphatic rings. The van der Waals surface area contributed by atoms with E-state index in [9.17, 15) is 9.59 Å². The topological polar surface area (TPSA) is 97.1 Å². The van der Waals surface area contributed by atoms with Gasteiger partial charge in [0.1, 0.15) is 12.7 Å². The van der Waals surface area contributed by atoms with E-state index in [1.54, 1.807) is 29.2 Å². The number of aromatic nitrogens is 3. The van der Waals surface area contributed by atoms with Crippen LogP contribution in [0.2, 0.25) is 0 Å². The lowest BCUT2D eigenvalue weighted by Crippen LogP contribution is -2.09. The minimum atomic E-state index is -1.17. The Morgan fingerprint density at radius 1 is 1.35 bits per heavy atom. The van der Waals surface area contributed by atoms with Crippen LogP contribution in [0.1, 0.15) is 5.56 Å². The Morgan fingerprint density at radius 3 is 2.90 bits per heavy atom. The number of nitrogens with one attached hydrogen (secondary N) is 1. The summed E-state index contributed by atoms with van der Waals surface area (Å²) in [4.78, 5) is 25.6. The van der Waals surface area contributed by atoms with Crippen molar-refractivity contribution in [1.82, 2.24) is 14.8 Å². The Labute approximate surface area is 114 Å². The molecule has 0 saturated carbocycles. The Kier molecular flexibility index (Phi) is 4.23. The van der Waals surface area contributed by atoms with E-state index in [-0.39, 0.29) is 0 Å². The molecule has 0 aliphatic carbocycles. The summed E-state index contributed by atoms with van der Waals surface area (Å²) >= 11 is 0. The molecule has 1 aromatic carbocycles. The molecule has 20 heavy (non-hydrogen) atoms. The molecule has 1 amide bonds. The molecule has 1 aromatic heterocycles. The van der Waals surface area contributed by atoms with Crippen molar-refractivity contribution < 1.29 is 14.7 Å². The summed E-state index contributed by atoms with van der Waals surface area (Å²) in [6.45, 7) is 0.536. The fraction of sp³-hybridized carbons (Fsp3) is 0.0769. The second kappa shape index (κ2) is 6.28. The molecule has 0 atom stereocenters. The highest BCUT2D eigenvalue weighted by atomic mass is 16.4. The van der Waals surface area contributed by atoms with Crippen LogP contribution >= 0.6 is 0 Å². The minimum Gasteiger partial charge on any atom is -0.478 e. The molecule has 0 spiro atoms. The zero-order valence-corrected chi connectivity index (χ0v) is 10.4. The Morgan fingerprint density at radius 2 is 2.20 bits per heavy atom. The average Bonchev–Trinajstić information content (AvgIpc) is 2.89. The number of anilines is 1. The number of carboxylic acids is 1.